The standard InChI is InChI=1S/C12H15Cl2NO2/c1-2-3-4-5-6-17-12(16)9-7-11(14)15-8-10(9)13/h7-8H,2-6H2,1H3. The van der Waals surface area contributed by atoms with Gasteiger partial charge in [-0.1, -0.05) is 49.4 Å². The Bertz CT molecular complexity index is 383. The number of unbranched alkanes of at least 4 members (excludes halogenated alkanes) is 3. The van der Waals surface area contributed by atoms with Crippen LogP contribution in [0.4, 0.5) is 0 Å². The van der Waals surface area contributed by atoms with Gasteiger partial charge >= 0.3 is 5.97 Å². The number of aromatic nitrogens is 1. The third-order valence-electron chi connectivity index (χ3n) is 2.27. The molecule has 0 aliphatic rings. The average molecular weight is 276 g/mol. The molecule has 1 aromatic heterocycles. The third kappa shape index (κ3) is 4.92. The molecule has 0 unspecified atom stereocenters. The minimum absolute atomic E-state index is 0.229. The number of ether oxygens (including phenoxy) is 1. The molecule has 0 aromatic carbocycles. The lowest BCUT2D eigenvalue weighted by Gasteiger charge is -2.06. The molecule has 0 aliphatic carbocycles. The van der Waals surface area contributed by atoms with E-state index in [1.165, 1.54) is 12.3 Å². The smallest absolute Gasteiger partial charge is 0.339 e. The predicted molar refractivity (Wildman–Crippen MR) is 68.7 cm³/mol. The van der Waals surface area contributed by atoms with Crippen LogP contribution in [0.25, 0.3) is 0 Å². The highest BCUT2D eigenvalue weighted by Crippen LogP contribution is 2.19. The highest BCUT2D eigenvalue weighted by atomic mass is 35.5. The third-order valence-corrected chi connectivity index (χ3v) is 2.78. The number of carbonyl (C=O) groups excluding carboxylic acids is 1. The van der Waals surface area contributed by atoms with E-state index in [-0.39, 0.29) is 15.7 Å². The van der Waals surface area contributed by atoms with E-state index in [2.05, 4.69) is 11.9 Å². The fraction of sp³-hybridized carbons (Fsp3) is 0.500. The molecule has 0 radical (unpaired) electrons. The van der Waals surface area contributed by atoms with Crippen LogP contribution in [0.2, 0.25) is 10.2 Å². The number of pyridine rings is 1. The van der Waals surface area contributed by atoms with E-state index in [4.69, 9.17) is 27.9 Å². The van der Waals surface area contributed by atoms with Crippen molar-refractivity contribution in [1.29, 1.82) is 0 Å². The molecule has 3 nitrogen and oxygen atoms in total. The largest absolute Gasteiger partial charge is 0.462 e. The Morgan fingerprint density at radius 2 is 2.12 bits per heavy atom. The molecule has 94 valence electrons. The zero-order chi connectivity index (χ0) is 12.7. The van der Waals surface area contributed by atoms with Crippen LogP contribution in [0.15, 0.2) is 12.3 Å². The van der Waals surface area contributed by atoms with E-state index in [9.17, 15) is 4.79 Å². The second-order valence-corrected chi connectivity index (χ2v) is 4.48. The van der Waals surface area contributed by atoms with Crippen molar-refractivity contribution in [2.24, 2.45) is 0 Å². The van der Waals surface area contributed by atoms with Gasteiger partial charge in [0.05, 0.1) is 17.2 Å². The molecule has 0 fully saturated rings. The van der Waals surface area contributed by atoms with Gasteiger partial charge < -0.3 is 4.74 Å². The molecule has 17 heavy (non-hydrogen) atoms. The first kappa shape index (κ1) is 14.3. The van der Waals surface area contributed by atoms with Crippen molar-refractivity contribution in [3.8, 4) is 0 Å². The summed E-state index contributed by atoms with van der Waals surface area (Å²) in [4.78, 5) is 15.4. The lowest BCUT2D eigenvalue weighted by Crippen LogP contribution is -2.07. The summed E-state index contributed by atoms with van der Waals surface area (Å²) in [5.74, 6) is -0.448. The van der Waals surface area contributed by atoms with Crippen LogP contribution in [0.1, 0.15) is 43.0 Å². The summed E-state index contributed by atoms with van der Waals surface area (Å²) in [6.07, 6.45) is 5.58. The second-order valence-electron chi connectivity index (χ2n) is 3.68. The summed E-state index contributed by atoms with van der Waals surface area (Å²) < 4.78 is 5.10. The topological polar surface area (TPSA) is 39.2 Å². The van der Waals surface area contributed by atoms with Gasteiger partial charge in [0.1, 0.15) is 5.15 Å². The van der Waals surface area contributed by atoms with Crippen LogP contribution in [0.5, 0.6) is 0 Å². The molecule has 0 saturated heterocycles. The van der Waals surface area contributed by atoms with E-state index in [1.807, 2.05) is 0 Å². The number of nitrogens with zero attached hydrogens (tertiary/aromatic N) is 1. The highest BCUT2D eigenvalue weighted by molar-refractivity contribution is 6.34. The quantitative estimate of drug-likeness (QED) is 0.445. The van der Waals surface area contributed by atoms with Crippen LogP contribution in [-0.2, 0) is 4.74 Å². The van der Waals surface area contributed by atoms with Crippen molar-refractivity contribution in [2.45, 2.75) is 32.6 Å². The molecule has 0 spiro atoms. The van der Waals surface area contributed by atoms with Gasteiger partial charge in [-0.25, -0.2) is 9.78 Å². The summed E-state index contributed by atoms with van der Waals surface area (Å²) in [6.45, 7) is 2.54. The van der Waals surface area contributed by atoms with Gasteiger partial charge in [-0.2, -0.15) is 0 Å². The van der Waals surface area contributed by atoms with Crippen molar-refractivity contribution in [3.05, 3.63) is 28.0 Å². The first-order valence-electron chi connectivity index (χ1n) is 5.63. The van der Waals surface area contributed by atoms with Crippen molar-refractivity contribution in [2.75, 3.05) is 6.61 Å². The van der Waals surface area contributed by atoms with E-state index in [0.29, 0.717) is 6.61 Å². The van der Waals surface area contributed by atoms with Crippen LogP contribution in [-0.4, -0.2) is 17.6 Å². The lowest BCUT2D eigenvalue weighted by molar-refractivity contribution is 0.0498. The number of hydrogen-bond acceptors (Lipinski definition) is 3. The van der Waals surface area contributed by atoms with Gasteiger partial charge in [0.15, 0.2) is 0 Å². The fourth-order valence-corrected chi connectivity index (χ4v) is 1.68. The predicted octanol–water partition coefficient (Wildman–Crippen LogP) is 4.13. The minimum atomic E-state index is -0.448. The summed E-state index contributed by atoms with van der Waals surface area (Å²) in [5.41, 5.74) is 0.266. The Morgan fingerprint density at radius 3 is 2.82 bits per heavy atom. The van der Waals surface area contributed by atoms with E-state index in [1.54, 1.807) is 0 Å². The Morgan fingerprint density at radius 1 is 1.35 bits per heavy atom. The Hall–Kier alpha value is -0.800. The molecule has 0 aliphatic heterocycles. The second kappa shape index (κ2) is 7.51. The van der Waals surface area contributed by atoms with Crippen LogP contribution >= 0.6 is 23.2 Å². The molecule has 1 heterocycles. The summed E-state index contributed by atoms with van der Waals surface area (Å²) >= 11 is 11.5. The molecular formula is C12H15Cl2NO2. The minimum Gasteiger partial charge on any atom is -0.462 e. The molecule has 5 heteroatoms. The SMILES string of the molecule is CCCCCCOC(=O)c1cc(Cl)ncc1Cl. The molecule has 1 aromatic rings. The maximum Gasteiger partial charge on any atom is 0.339 e. The van der Waals surface area contributed by atoms with E-state index in [0.717, 1.165) is 25.7 Å². The molecule has 0 saturated carbocycles. The Kier molecular flexibility index (Phi) is 6.30. The maximum atomic E-state index is 11.7. The number of esters is 1. The number of carbonyl (C=O) groups is 1. The van der Waals surface area contributed by atoms with Crippen molar-refractivity contribution in [3.63, 3.8) is 0 Å². The first-order chi connectivity index (χ1) is 8.15. The lowest BCUT2D eigenvalue weighted by atomic mass is 10.2. The molecule has 0 amide bonds. The number of hydrogen-bond donors (Lipinski definition) is 0. The van der Waals surface area contributed by atoms with E-state index < -0.39 is 5.97 Å². The zero-order valence-electron chi connectivity index (χ0n) is 9.71. The highest BCUT2D eigenvalue weighted by Gasteiger charge is 2.12. The van der Waals surface area contributed by atoms with Crippen molar-refractivity contribution >= 4 is 29.2 Å². The zero-order valence-corrected chi connectivity index (χ0v) is 11.2. The van der Waals surface area contributed by atoms with Crippen LogP contribution in [0.3, 0.4) is 0 Å². The molecule has 1 rings (SSSR count). The average Bonchev–Trinajstić information content (AvgIpc) is 2.32. The number of rotatable bonds is 6. The van der Waals surface area contributed by atoms with Crippen molar-refractivity contribution < 1.29 is 9.53 Å². The first-order valence-corrected chi connectivity index (χ1v) is 6.39. The summed E-state index contributed by atoms with van der Waals surface area (Å²) in [7, 11) is 0. The van der Waals surface area contributed by atoms with Gasteiger partial charge in [0, 0.05) is 6.20 Å². The van der Waals surface area contributed by atoms with Gasteiger partial charge in [-0.3, -0.25) is 0 Å². The Balaban J connectivity index is 2.44. The normalized spacial score (nSPS) is 10.3. The van der Waals surface area contributed by atoms with E-state index >= 15 is 0 Å². The van der Waals surface area contributed by atoms with Gasteiger partial charge in [-0.15, -0.1) is 0 Å². The van der Waals surface area contributed by atoms with Gasteiger partial charge in [0.25, 0.3) is 0 Å². The Labute approximate surface area is 111 Å². The fourth-order valence-electron chi connectivity index (χ4n) is 1.34. The molecule has 0 N–H and O–H groups in total. The summed E-state index contributed by atoms with van der Waals surface area (Å²) in [6, 6.07) is 1.41. The molecular weight excluding hydrogens is 261 g/mol. The molecule has 0 atom stereocenters. The van der Waals surface area contributed by atoms with Gasteiger partial charge in [0.2, 0.25) is 0 Å². The maximum absolute atomic E-state index is 11.7. The number of halogens is 2. The van der Waals surface area contributed by atoms with Crippen molar-refractivity contribution in [1.82, 2.24) is 4.98 Å². The van der Waals surface area contributed by atoms with Gasteiger partial charge in [-0.05, 0) is 12.5 Å². The van der Waals surface area contributed by atoms with Crippen LogP contribution in [0, 0.1) is 0 Å². The monoisotopic (exact) mass is 275 g/mol. The molecule has 0 bridgehead atoms. The van der Waals surface area contributed by atoms with Crippen LogP contribution < -0.4 is 0 Å². The summed E-state index contributed by atoms with van der Waals surface area (Å²) in [5, 5.41) is 0.486.